The van der Waals surface area contributed by atoms with Crippen LogP contribution in [0.1, 0.15) is 103 Å². The van der Waals surface area contributed by atoms with Crippen LogP contribution in [0.3, 0.4) is 0 Å². The molecule has 0 amide bonds. The van der Waals surface area contributed by atoms with E-state index in [1.54, 1.807) is 0 Å². The molecule has 136 valence electrons. The molecule has 1 rings (SSSR count). The van der Waals surface area contributed by atoms with Crippen molar-refractivity contribution in [2.45, 2.75) is 97.3 Å². The summed E-state index contributed by atoms with van der Waals surface area (Å²) in [4.78, 5) is 12.5. The summed E-state index contributed by atoms with van der Waals surface area (Å²) in [7, 11) is 0. The summed E-state index contributed by atoms with van der Waals surface area (Å²) in [6, 6.07) is 10.3. The first kappa shape index (κ1) is 20.9. The Morgan fingerprint density at radius 1 is 0.875 bits per heavy atom. The van der Waals surface area contributed by atoms with Crippen LogP contribution in [0, 0.1) is 5.92 Å². The monoisotopic (exact) mass is 330 g/mol. The largest absolute Gasteiger partial charge is 0.299 e. The van der Waals surface area contributed by atoms with Crippen LogP contribution in [-0.4, -0.2) is 5.78 Å². The topological polar surface area (TPSA) is 17.1 Å². The zero-order valence-electron chi connectivity index (χ0n) is 16.2. The van der Waals surface area contributed by atoms with Crippen molar-refractivity contribution in [3.05, 3.63) is 35.9 Å². The number of rotatable bonds is 14. The average molecular weight is 331 g/mol. The van der Waals surface area contributed by atoms with Gasteiger partial charge in [-0.05, 0) is 24.3 Å². The van der Waals surface area contributed by atoms with E-state index in [0.29, 0.717) is 5.78 Å². The van der Waals surface area contributed by atoms with Gasteiger partial charge >= 0.3 is 0 Å². The number of ketones is 1. The van der Waals surface area contributed by atoms with Gasteiger partial charge in [-0.15, -0.1) is 0 Å². The molecule has 0 spiro atoms. The van der Waals surface area contributed by atoms with Crippen molar-refractivity contribution in [1.29, 1.82) is 0 Å². The van der Waals surface area contributed by atoms with Gasteiger partial charge in [-0.2, -0.15) is 0 Å². The van der Waals surface area contributed by atoms with Crippen molar-refractivity contribution in [3.8, 4) is 0 Å². The quantitative estimate of drug-likeness (QED) is 0.327. The molecular weight excluding hydrogens is 292 g/mol. The summed E-state index contributed by atoms with van der Waals surface area (Å²) < 4.78 is 0. The predicted molar refractivity (Wildman–Crippen MR) is 105 cm³/mol. The maximum Gasteiger partial charge on any atom is 0.140 e. The molecule has 0 heterocycles. The van der Waals surface area contributed by atoms with Crippen LogP contribution in [-0.2, 0) is 4.79 Å². The summed E-state index contributed by atoms with van der Waals surface area (Å²) in [5.74, 6) is 1.29. The Balaban J connectivity index is 2.17. The third kappa shape index (κ3) is 8.66. The zero-order valence-corrected chi connectivity index (χ0v) is 16.2. The Hall–Kier alpha value is -1.11. The molecular formula is C23H38O. The molecule has 1 heteroatoms. The Morgan fingerprint density at radius 2 is 1.50 bits per heavy atom. The molecule has 0 aliphatic heterocycles. The van der Waals surface area contributed by atoms with Crippen LogP contribution in [0.4, 0.5) is 0 Å². The lowest BCUT2D eigenvalue weighted by molar-refractivity contribution is -0.120. The zero-order chi connectivity index (χ0) is 17.6. The molecule has 1 aromatic rings. The van der Waals surface area contributed by atoms with Crippen molar-refractivity contribution in [2.75, 3.05) is 0 Å². The molecule has 0 bridgehead atoms. The van der Waals surface area contributed by atoms with Crippen molar-refractivity contribution in [1.82, 2.24) is 0 Å². The van der Waals surface area contributed by atoms with Gasteiger partial charge in [0.1, 0.15) is 5.78 Å². The number of hydrogen-bond donors (Lipinski definition) is 0. The minimum atomic E-state index is 0.0973. The van der Waals surface area contributed by atoms with Gasteiger partial charge in [0.2, 0.25) is 0 Å². The highest BCUT2D eigenvalue weighted by atomic mass is 16.1. The molecule has 0 saturated heterocycles. The summed E-state index contributed by atoms with van der Waals surface area (Å²) in [6.07, 6.45) is 13.5. The second-order valence-corrected chi connectivity index (χ2v) is 7.39. The van der Waals surface area contributed by atoms with E-state index >= 15 is 0 Å². The molecule has 2 atom stereocenters. The SMILES string of the molecule is CCCCCCCCC(C)CCCC(=O)C(CC)c1ccccc1. The maximum atomic E-state index is 12.5. The van der Waals surface area contributed by atoms with Gasteiger partial charge in [0, 0.05) is 12.3 Å². The first-order valence-electron chi connectivity index (χ1n) is 10.3. The highest BCUT2D eigenvalue weighted by Crippen LogP contribution is 2.24. The number of hydrogen-bond acceptors (Lipinski definition) is 1. The molecule has 0 radical (unpaired) electrons. The van der Waals surface area contributed by atoms with E-state index in [1.807, 2.05) is 18.2 Å². The Labute approximate surface area is 150 Å². The first-order chi connectivity index (χ1) is 11.7. The second-order valence-electron chi connectivity index (χ2n) is 7.39. The van der Waals surface area contributed by atoms with Gasteiger partial charge in [-0.25, -0.2) is 0 Å². The van der Waals surface area contributed by atoms with Crippen molar-refractivity contribution < 1.29 is 4.79 Å². The van der Waals surface area contributed by atoms with Crippen LogP contribution in [0.25, 0.3) is 0 Å². The molecule has 24 heavy (non-hydrogen) atoms. The van der Waals surface area contributed by atoms with Gasteiger partial charge < -0.3 is 0 Å². The van der Waals surface area contributed by atoms with Crippen LogP contribution < -0.4 is 0 Å². The fourth-order valence-corrected chi connectivity index (χ4v) is 3.55. The molecule has 0 aliphatic rings. The molecule has 0 N–H and O–H groups in total. The highest BCUT2D eigenvalue weighted by molar-refractivity contribution is 5.85. The summed E-state index contributed by atoms with van der Waals surface area (Å²) in [5, 5.41) is 0. The molecule has 1 nitrogen and oxygen atoms in total. The Kier molecular flexibility index (Phi) is 11.5. The minimum absolute atomic E-state index is 0.0973. The van der Waals surface area contributed by atoms with Crippen molar-refractivity contribution in [2.24, 2.45) is 5.92 Å². The smallest absolute Gasteiger partial charge is 0.140 e. The van der Waals surface area contributed by atoms with Gasteiger partial charge in [0.15, 0.2) is 0 Å². The number of carbonyl (C=O) groups excluding carboxylic acids is 1. The normalized spacial score (nSPS) is 13.6. The predicted octanol–water partition coefficient (Wildman–Crippen LogP) is 7.31. The maximum absolute atomic E-state index is 12.5. The third-order valence-corrected chi connectivity index (χ3v) is 5.17. The lowest BCUT2D eigenvalue weighted by Crippen LogP contribution is -2.12. The lowest BCUT2D eigenvalue weighted by Gasteiger charge is -2.15. The van der Waals surface area contributed by atoms with E-state index in [1.165, 1.54) is 56.9 Å². The number of Topliss-reactive ketones (excluding diaryl/α,β-unsaturated/α-hetero) is 1. The van der Waals surface area contributed by atoms with Gasteiger partial charge in [-0.1, -0.05) is 102 Å². The average Bonchev–Trinajstić information content (AvgIpc) is 2.59. The van der Waals surface area contributed by atoms with Crippen molar-refractivity contribution in [3.63, 3.8) is 0 Å². The van der Waals surface area contributed by atoms with Crippen molar-refractivity contribution >= 4 is 5.78 Å². The van der Waals surface area contributed by atoms with E-state index in [9.17, 15) is 4.79 Å². The van der Waals surface area contributed by atoms with Crippen LogP contribution in [0.2, 0.25) is 0 Å². The molecule has 1 aromatic carbocycles. The minimum Gasteiger partial charge on any atom is -0.299 e. The van der Waals surface area contributed by atoms with Crippen LogP contribution >= 0.6 is 0 Å². The summed E-state index contributed by atoms with van der Waals surface area (Å²) in [6.45, 7) is 6.74. The second kappa shape index (κ2) is 13.2. The molecule has 2 unspecified atom stereocenters. The van der Waals surface area contributed by atoms with E-state index in [2.05, 4.69) is 32.9 Å². The Morgan fingerprint density at radius 3 is 2.17 bits per heavy atom. The fourth-order valence-electron chi connectivity index (χ4n) is 3.55. The highest BCUT2D eigenvalue weighted by Gasteiger charge is 2.18. The van der Waals surface area contributed by atoms with E-state index in [0.717, 1.165) is 25.2 Å². The number of benzene rings is 1. The van der Waals surface area contributed by atoms with E-state index in [4.69, 9.17) is 0 Å². The van der Waals surface area contributed by atoms with E-state index in [-0.39, 0.29) is 5.92 Å². The lowest BCUT2D eigenvalue weighted by atomic mass is 9.88. The Bertz CT molecular complexity index is 423. The van der Waals surface area contributed by atoms with Crippen LogP contribution in [0.15, 0.2) is 30.3 Å². The molecule has 0 saturated carbocycles. The van der Waals surface area contributed by atoms with E-state index < -0.39 is 0 Å². The van der Waals surface area contributed by atoms with Crippen LogP contribution in [0.5, 0.6) is 0 Å². The van der Waals surface area contributed by atoms with Gasteiger partial charge in [0.25, 0.3) is 0 Å². The third-order valence-electron chi connectivity index (χ3n) is 5.17. The van der Waals surface area contributed by atoms with Gasteiger partial charge in [-0.3, -0.25) is 4.79 Å². The standard InChI is InChI=1S/C23H38O/c1-4-6-7-8-9-11-15-20(3)16-14-19-23(24)22(5-2)21-17-12-10-13-18-21/h10,12-13,17-18,20,22H,4-9,11,14-16,19H2,1-3H3. The number of unbranched alkanes of at least 4 members (excludes halogenated alkanes) is 5. The van der Waals surface area contributed by atoms with Gasteiger partial charge in [0.05, 0.1) is 0 Å². The molecule has 0 fully saturated rings. The first-order valence-corrected chi connectivity index (χ1v) is 10.3. The number of carbonyl (C=O) groups is 1. The summed E-state index contributed by atoms with van der Waals surface area (Å²) in [5.41, 5.74) is 1.19. The fraction of sp³-hybridized carbons (Fsp3) is 0.696. The molecule has 0 aliphatic carbocycles. The summed E-state index contributed by atoms with van der Waals surface area (Å²) >= 11 is 0. The molecule has 0 aromatic heterocycles.